The molecule has 1 amide bonds. The molecular weight excluding hydrogens is 262 g/mol. The Balaban J connectivity index is 2.61. The van der Waals surface area contributed by atoms with Crippen LogP contribution in [0, 0.1) is 5.92 Å². The molecule has 3 nitrogen and oxygen atoms in total. The predicted octanol–water partition coefficient (Wildman–Crippen LogP) is 3.13. The number of rotatable bonds is 6. The Kier molecular flexibility index (Phi) is 6.30. The quantitative estimate of drug-likeness (QED) is 0.376. The van der Waals surface area contributed by atoms with E-state index >= 15 is 0 Å². The first-order valence-electron chi connectivity index (χ1n) is 6.26. The monoisotopic (exact) mass is 279 g/mol. The van der Waals surface area contributed by atoms with Gasteiger partial charge in [0.1, 0.15) is 0 Å². The first-order chi connectivity index (χ1) is 9.06. The summed E-state index contributed by atoms with van der Waals surface area (Å²) in [7, 11) is 0. The Morgan fingerprint density at radius 3 is 2.53 bits per heavy atom. The molecule has 4 heteroatoms. The van der Waals surface area contributed by atoms with Crippen molar-refractivity contribution in [2.45, 2.75) is 26.8 Å². The highest BCUT2D eigenvalue weighted by Crippen LogP contribution is 2.10. The average Bonchev–Trinajstić information content (AvgIpc) is 2.43. The van der Waals surface area contributed by atoms with Crippen LogP contribution in [0.15, 0.2) is 35.9 Å². The lowest BCUT2D eigenvalue weighted by molar-refractivity contribution is -0.119. The summed E-state index contributed by atoms with van der Waals surface area (Å²) in [5.41, 5.74) is 1.12. The second-order valence-corrected chi connectivity index (χ2v) is 4.87. The van der Waals surface area contributed by atoms with Crippen molar-refractivity contribution in [2.24, 2.45) is 5.92 Å². The van der Waals surface area contributed by atoms with E-state index in [0.717, 1.165) is 12.0 Å². The third-order valence-electron chi connectivity index (χ3n) is 2.86. The molecule has 0 spiro atoms. The van der Waals surface area contributed by atoms with E-state index < -0.39 is 0 Å². The molecule has 0 bridgehead atoms. The second kappa shape index (κ2) is 7.74. The topological polar surface area (TPSA) is 46.2 Å². The molecule has 0 aromatic heterocycles. The molecule has 0 saturated heterocycles. The van der Waals surface area contributed by atoms with Gasteiger partial charge in [0.15, 0.2) is 6.29 Å². The maximum atomic E-state index is 11.8. The Morgan fingerprint density at radius 1 is 1.37 bits per heavy atom. The number of benzene rings is 1. The fourth-order valence-corrected chi connectivity index (χ4v) is 1.61. The van der Waals surface area contributed by atoms with Crippen molar-refractivity contribution in [3.05, 3.63) is 46.5 Å². The maximum absolute atomic E-state index is 11.8. The molecule has 1 atom stereocenters. The zero-order valence-electron chi connectivity index (χ0n) is 11.2. The molecule has 19 heavy (non-hydrogen) atoms. The number of aldehydes is 1. The molecule has 1 rings (SSSR count). The van der Waals surface area contributed by atoms with E-state index in [1.165, 1.54) is 0 Å². The van der Waals surface area contributed by atoms with Gasteiger partial charge in [0.2, 0.25) is 0 Å². The van der Waals surface area contributed by atoms with Gasteiger partial charge in [-0.25, -0.2) is 0 Å². The zero-order chi connectivity index (χ0) is 14.3. The van der Waals surface area contributed by atoms with Gasteiger partial charge in [-0.15, -0.1) is 0 Å². The third kappa shape index (κ3) is 5.26. The van der Waals surface area contributed by atoms with Crippen molar-refractivity contribution in [1.29, 1.82) is 0 Å². The summed E-state index contributed by atoms with van der Waals surface area (Å²) in [6, 6.07) is 7.19. The SMILES string of the molecule is CCC(C)C=C(C=O)C(=O)NCc1ccc(Cl)cc1. The lowest BCUT2D eigenvalue weighted by Crippen LogP contribution is -2.25. The highest BCUT2D eigenvalue weighted by atomic mass is 35.5. The van der Waals surface area contributed by atoms with Crippen molar-refractivity contribution in [3.63, 3.8) is 0 Å². The highest BCUT2D eigenvalue weighted by Gasteiger charge is 2.09. The summed E-state index contributed by atoms with van der Waals surface area (Å²) < 4.78 is 0. The van der Waals surface area contributed by atoms with E-state index in [2.05, 4.69) is 5.32 Å². The first-order valence-corrected chi connectivity index (χ1v) is 6.64. The molecule has 102 valence electrons. The molecule has 0 aliphatic heterocycles. The number of allylic oxidation sites excluding steroid dienone is 1. The minimum absolute atomic E-state index is 0.184. The van der Waals surface area contributed by atoms with Crippen LogP contribution < -0.4 is 5.32 Å². The summed E-state index contributed by atoms with van der Waals surface area (Å²) in [5, 5.41) is 3.37. The van der Waals surface area contributed by atoms with Crippen LogP contribution in [-0.4, -0.2) is 12.2 Å². The summed E-state index contributed by atoms with van der Waals surface area (Å²) in [5.74, 6) is -0.133. The molecule has 1 aromatic rings. The number of hydrogen-bond acceptors (Lipinski definition) is 2. The summed E-state index contributed by atoms with van der Waals surface area (Å²) >= 11 is 5.78. The highest BCUT2D eigenvalue weighted by molar-refractivity contribution is 6.30. The summed E-state index contributed by atoms with van der Waals surface area (Å²) in [4.78, 5) is 22.7. The first kappa shape index (κ1) is 15.4. The fourth-order valence-electron chi connectivity index (χ4n) is 1.48. The lowest BCUT2D eigenvalue weighted by Gasteiger charge is -2.07. The van der Waals surface area contributed by atoms with Crippen LogP contribution in [0.3, 0.4) is 0 Å². The number of hydrogen-bond donors (Lipinski definition) is 1. The number of halogens is 1. The van der Waals surface area contributed by atoms with Gasteiger partial charge in [0.05, 0.1) is 5.57 Å². The number of amides is 1. The Labute approximate surface area is 118 Å². The summed E-state index contributed by atoms with van der Waals surface area (Å²) in [6.45, 7) is 4.35. The van der Waals surface area contributed by atoms with Crippen molar-refractivity contribution in [1.82, 2.24) is 5.32 Å². The van der Waals surface area contributed by atoms with E-state index in [-0.39, 0.29) is 17.4 Å². The van der Waals surface area contributed by atoms with Crippen LogP contribution >= 0.6 is 11.6 Å². The van der Waals surface area contributed by atoms with Crippen molar-refractivity contribution in [2.75, 3.05) is 0 Å². The van der Waals surface area contributed by atoms with Gasteiger partial charge >= 0.3 is 0 Å². The Hall–Kier alpha value is -1.61. The normalized spacial score (nSPS) is 12.9. The van der Waals surface area contributed by atoms with Crippen LogP contribution in [0.1, 0.15) is 25.8 Å². The van der Waals surface area contributed by atoms with Crippen molar-refractivity contribution < 1.29 is 9.59 Å². The Bertz CT molecular complexity index is 466. The smallest absolute Gasteiger partial charge is 0.254 e. The van der Waals surface area contributed by atoms with Crippen LogP contribution in [0.4, 0.5) is 0 Å². The van der Waals surface area contributed by atoms with E-state index in [4.69, 9.17) is 11.6 Å². The number of carbonyl (C=O) groups excluding carboxylic acids is 2. The molecule has 0 saturated carbocycles. The number of carbonyl (C=O) groups is 2. The van der Waals surface area contributed by atoms with Gasteiger partial charge in [-0.1, -0.05) is 50.1 Å². The minimum Gasteiger partial charge on any atom is -0.348 e. The van der Waals surface area contributed by atoms with Gasteiger partial charge < -0.3 is 5.32 Å². The van der Waals surface area contributed by atoms with Crippen molar-refractivity contribution in [3.8, 4) is 0 Å². The van der Waals surface area contributed by atoms with Gasteiger partial charge in [0, 0.05) is 11.6 Å². The standard InChI is InChI=1S/C15H18ClNO2/c1-3-11(2)8-13(10-18)15(19)17-9-12-4-6-14(16)7-5-12/h4-8,10-11H,3,9H2,1-2H3,(H,17,19). The molecule has 1 unspecified atom stereocenters. The molecule has 0 fully saturated rings. The third-order valence-corrected chi connectivity index (χ3v) is 3.12. The van der Waals surface area contributed by atoms with E-state index in [9.17, 15) is 9.59 Å². The predicted molar refractivity (Wildman–Crippen MR) is 76.9 cm³/mol. The van der Waals surface area contributed by atoms with Gasteiger partial charge in [-0.2, -0.15) is 0 Å². The largest absolute Gasteiger partial charge is 0.348 e. The van der Waals surface area contributed by atoms with E-state index in [1.807, 2.05) is 26.0 Å². The molecule has 1 aromatic carbocycles. The average molecular weight is 280 g/mol. The van der Waals surface area contributed by atoms with Crippen LogP contribution in [0.25, 0.3) is 0 Å². The molecule has 0 aliphatic carbocycles. The fraction of sp³-hybridized carbons (Fsp3) is 0.333. The van der Waals surface area contributed by atoms with Gasteiger partial charge in [0.25, 0.3) is 5.91 Å². The van der Waals surface area contributed by atoms with E-state index in [1.54, 1.807) is 18.2 Å². The number of nitrogens with one attached hydrogen (secondary N) is 1. The van der Waals surface area contributed by atoms with Gasteiger partial charge in [-0.05, 0) is 23.6 Å². The van der Waals surface area contributed by atoms with Crippen molar-refractivity contribution >= 4 is 23.8 Å². The second-order valence-electron chi connectivity index (χ2n) is 4.43. The molecule has 0 aliphatic rings. The van der Waals surface area contributed by atoms with Gasteiger partial charge in [-0.3, -0.25) is 9.59 Å². The van der Waals surface area contributed by atoms with E-state index in [0.29, 0.717) is 17.9 Å². The maximum Gasteiger partial charge on any atom is 0.254 e. The van der Waals surface area contributed by atoms with Crippen LogP contribution in [0.2, 0.25) is 5.02 Å². The molecule has 1 N–H and O–H groups in total. The van der Waals surface area contributed by atoms with Crippen LogP contribution in [-0.2, 0) is 16.1 Å². The summed E-state index contributed by atoms with van der Waals surface area (Å²) in [6.07, 6.45) is 3.19. The van der Waals surface area contributed by atoms with Crippen LogP contribution in [0.5, 0.6) is 0 Å². The zero-order valence-corrected chi connectivity index (χ0v) is 11.9. The minimum atomic E-state index is -0.342. The molecule has 0 heterocycles. The molecule has 0 radical (unpaired) electrons. The molecular formula is C15H18ClNO2. The Morgan fingerprint density at radius 2 is 2.00 bits per heavy atom. The lowest BCUT2D eigenvalue weighted by atomic mass is 10.1.